The average molecular weight is 247 g/mol. The summed E-state index contributed by atoms with van der Waals surface area (Å²) in [5.74, 6) is 0.204. The minimum atomic E-state index is 0.204. The number of hydrogen-bond acceptors (Lipinski definition) is 3. The Morgan fingerprint density at radius 2 is 2.11 bits per heavy atom. The van der Waals surface area contributed by atoms with Crippen LogP contribution in [0.1, 0.15) is 36.5 Å². The Labute approximate surface area is 109 Å². The number of hydrogen-bond donors (Lipinski definition) is 0. The molecule has 3 nitrogen and oxygen atoms in total. The molecule has 1 unspecified atom stereocenters. The highest BCUT2D eigenvalue weighted by atomic mass is 16.5. The molecular formula is C15H21NO2. The van der Waals surface area contributed by atoms with Crippen molar-refractivity contribution in [2.24, 2.45) is 0 Å². The van der Waals surface area contributed by atoms with E-state index in [-0.39, 0.29) is 5.78 Å². The first-order valence-corrected chi connectivity index (χ1v) is 6.65. The molecule has 18 heavy (non-hydrogen) atoms. The Balaban J connectivity index is 2.07. The summed E-state index contributed by atoms with van der Waals surface area (Å²) in [6.07, 6.45) is 3.19. The summed E-state index contributed by atoms with van der Waals surface area (Å²) in [6.45, 7) is 3.91. The van der Waals surface area contributed by atoms with Crippen LogP contribution < -0.4 is 4.90 Å². The van der Waals surface area contributed by atoms with Gasteiger partial charge in [0.05, 0.1) is 6.10 Å². The molecule has 0 spiro atoms. The van der Waals surface area contributed by atoms with E-state index in [1.165, 1.54) is 5.69 Å². The van der Waals surface area contributed by atoms with Crippen LogP contribution in [0.15, 0.2) is 24.3 Å². The van der Waals surface area contributed by atoms with Crippen molar-refractivity contribution in [2.45, 2.75) is 32.3 Å². The topological polar surface area (TPSA) is 29.5 Å². The number of benzene rings is 1. The quantitative estimate of drug-likeness (QED) is 0.766. The Morgan fingerprint density at radius 3 is 2.72 bits per heavy atom. The lowest BCUT2D eigenvalue weighted by Crippen LogP contribution is -2.39. The predicted molar refractivity (Wildman–Crippen MR) is 73.3 cm³/mol. The third-order valence-electron chi connectivity index (χ3n) is 3.59. The third kappa shape index (κ3) is 2.91. The summed E-state index contributed by atoms with van der Waals surface area (Å²) < 4.78 is 5.43. The lowest BCUT2D eigenvalue weighted by atomic mass is 10.1. The maximum Gasteiger partial charge on any atom is 0.162 e. The Bertz CT molecular complexity index is 399. The SMILES string of the molecule is CCC(=O)c1ccc(N2CCCC(OC)C2)cc1. The molecule has 2 rings (SSSR count). The van der Waals surface area contributed by atoms with Crippen LogP contribution in [0, 0.1) is 0 Å². The number of carbonyl (C=O) groups is 1. The minimum Gasteiger partial charge on any atom is -0.380 e. The average Bonchev–Trinajstić information content (AvgIpc) is 2.46. The van der Waals surface area contributed by atoms with E-state index >= 15 is 0 Å². The first-order valence-electron chi connectivity index (χ1n) is 6.65. The minimum absolute atomic E-state index is 0.204. The number of piperidine rings is 1. The highest BCUT2D eigenvalue weighted by molar-refractivity contribution is 5.96. The van der Waals surface area contributed by atoms with Gasteiger partial charge in [0.15, 0.2) is 5.78 Å². The number of anilines is 1. The normalized spacial score (nSPS) is 19.9. The fraction of sp³-hybridized carbons (Fsp3) is 0.533. The molecule has 3 heteroatoms. The number of Topliss-reactive ketones (excluding diaryl/α,β-unsaturated/α-hetero) is 1. The number of ketones is 1. The first-order chi connectivity index (χ1) is 8.74. The summed E-state index contributed by atoms with van der Waals surface area (Å²) in [4.78, 5) is 13.9. The van der Waals surface area contributed by atoms with Gasteiger partial charge in [0, 0.05) is 37.9 Å². The molecule has 1 aromatic rings. The Morgan fingerprint density at radius 1 is 1.39 bits per heavy atom. The maximum atomic E-state index is 11.6. The number of nitrogens with zero attached hydrogens (tertiary/aromatic N) is 1. The van der Waals surface area contributed by atoms with Gasteiger partial charge in [0.25, 0.3) is 0 Å². The van der Waals surface area contributed by atoms with Gasteiger partial charge in [0.2, 0.25) is 0 Å². The molecule has 0 radical (unpaired) electrons. The van der Waals surface area contributed by atoms with E-state index in [0.29, 0.717) is 12.5 Å². The zero-order valence-electron chi connectivity index (χ0n) is 11.2. The van der Waals surface area contributed by atoms with E-state index in [1.54, 1.807) is 7.11 Å². The van der Waals surface area contributed by atoms with Crippen LogP contribution >= 0.6 is 0 Å². The summed E-state index contributed by atoms with van der Waals surface area (Å²) in [5, 5.41) is 0. The van der Waals surface area contributed by atoms with E-state index in [4.69, 9.17) is 4.74 Å². The van der Waals surface area contributed by atoms with Crippen molar-refractivity contribution in [3.63, 3.8) is 0 Å². The number of ether oxygens (including phenoxy) is 1. The molecule has 1 fully saturated rings. The maximum absolute atomic E-state index is 11.6. The van der Waals surface area contributed by atoms with E-state index in [9.17, 15) is 4.79 Å². The highest BCUT2D eigenvalue weighted by Gasteiger charge is 2.19. The Hall–Kier alpha value is -1.35. The predicted octanol–water partition coefficient (Wildman–Crippen LogP) is 2.89. The molecule has 98 valence electrons. The van der Waals surface area contributed by atoms with E-state index < -0.39 is 0 Å². The molecule has 1 aliphatic rings. The molecule has 1 atom stereocenters. The van der Waals surface area contributed by atoms with Gasteiger partial charge < -0.3 is 9.64 Å². The zero-order valence-corrected chi connectivity index (χ0v) is 11.2. The molecule has 0 aromatic heterocycles. The van der Waals surface area contributed by atoms with Crippen molar-refractivity contribution >= 4 is 11.5 Å². The second kappa shape index (κ2) is 6.01. The van der Waals surface area contributed by atoms with Crippen LogP contribution in [0.5, 0.6) is 0 Å². The van der Waals surface area contributed by atoms with Gasteiger partial charge in [-0.15, -0.1) is 0 Å². The molecule has 0 amide bonds. The van der Waals surface area contributed by atoms with Crippen LogP contribution in [-0.4, -0.2) is 32.1 Å². The van der Waals surface area contributed by atoms with Crippen LogP contribution in [0.2, 0.25) is 0 Å². The molecule has 1 saturated heterocycles. The van der Waals surface area contributed by atoms with Crippen molar-refractivity contribution in [3.05, 3.63) is 29.8 Å². The number of rotatable bonds is 4. The third-order valence-corrected chi connectivity index (χ3v) is 3.59. The summed E-state index contributed by atoms with van der Waals surface area (Å²) >= 11 is 0. The second-order valence-electron chi connectivity index (χ2n) is 4.77. The van der Waals surface area contributed by atoms with Crippen LogP contribution in [0.3, 0.4) is 0 Å². The molecule has 1 aromatic carbocycles. The monoisotopic (exact) mass is 247 g/mol. The molecule has 0 saturated carbocycles. The van der Waals surface area contributed by atoms with Gasteiger partial charge in [-0.25, -0.2) is 0 Å². The van der Waals surface area contributed by atoms with Crippen molar-refractivity contribution in [1.29, 1.82) is 0 Å². The lowest BCUT2D eigenvalue weighted by Gasteiger charge is -2.33. The number of methoxy groups -OCH3 is 1. The molecule has 1 aliphatic heterocycles. The van der Waals surface area contributed by atoms with Gasteiger partial charge in [0.1, 0.15) is 0 Å². The van der Waals surface area contributed by atoms with Gasteiger partial charge in [-0.3, -0.25) is 4.79 Å². The van der Waals surface area contributed by atoms with E-state index in [0.717, 1.165) is 31.5 Å². The van der Waals surface area contributed by atoms with E-state index in [2.05, 4.69) is 4.90 Å². The molecule has 0 aliphatic carbocycles. The summed E-state index contributed by atoms with van der Waals surface area (Å²) in [7, 11) is 1.77. The second-order valence-corrected chi connectivity index (χ2v) is 4.77. The van der Waals surface area contributed by atoms with Gasteiger partial charge >= 0.3 is 0 Å². The van der Waals surface area contributed by atoms with Gasteiger partial charge in [-0.1, -0.05) is 6.92 Å². The highest BCUT2D eigenvalue weighted by Crippen LogP contribution is 2.21. The van der Waals surface area contributed by atoms with Gasteiger partial charge in [-0.2, -0.15) is 0 Å². The van der Waals surface area contributed by atoms with Crippen molar-refractivity contribution in [1.82, 2.24) is 0 Å². The van der Waals surface area contributed by atoms with Crippen molar-refractivity contribution < 1.29 is 9.53 Å². The Kier molecular flexibility index (Phi) is 4.37. The largest absolute Gasteiger partial charge is 0.380 e. The molecular weight excluding hydrogens is 226 g/mol. The summed E-state index contributed by atoms with van der Waals surface area (Å²) in [6, 6.07) is 7.94. The van der Waals surface area contributed by atoms with Crippen LogP contribution in [0.25, 0.3) is 0 Å². The lowest BCUT2D eigenvalue weighted by molar-refractivity contribution is 0.0893. The first kappa shape index (κ1) is 13.1. The molecule has 0 bridgehead atoms. The number of carbonyl (C=O) groups excluding carboxylic acids is 1. The zero-order chi connectivity index (χ0) is 13.0. The standard InChI is InChI=1S/C15H21NO2/c1-3-15(17)12-6-8-13(9-7-12)16-10-4-5-14(11-16)18-2/h6-9,14H,3-5,10-11H2,1-2H3. The molecule has 0 N–H and O–H groups in total. The summed E-state index contributed by atoms with van der Waals surface area (Å²) in [5.41, 5.74) is 1.99. The van der Waals surface area contributed by atoms with Gasteiger partial charge in [-0.05, 0) is 37.1 Å². The van der Waals surface area contributed by atoms with E-state index in [1.807, 2.05) is 31.2 Å². The molecule has 1 heterocycles. The van der Waals surface area contributed by atoms with Crippen molar-refractivity contribution in [2.75, 3.05) is 25.1 Å². The van der Waals surface area contributed by atoms with Crippen LogP contribution in [0.4, 0.5) is 5.69 Å². The van der Waals surface area contributed by atoms with Crippen LogP contribution in [-0.2, 0) is 4.74 Å². The fourth-order valence-corrected chi connectivity index (χ4v) is 2.43. The fourth-order valence-electron chi connectivity index (χ4n) is 2.43. The van der Waals surface area contributed by atoms with Crippen molar-refractivity contribution in [3.8, 4) is 0 Å². The smallest absolute Gasteiger partial charge is 0.162 e.